The van der Waals surface area contributed by atoms with Crippen molar-refractivity contribution < 1.29 is 18.6 Å². The zero-order valence-electron chi connectivity index (χ0n) is 15.0. The first-order chi connectivity index (χ1) is 13.0. The molecule has 2 heterocycles. The summed E-state index contributed by atoms with van der Waals surface area (Å²) < 4.78 is 28.9. The van der Waals surface area contributed by atoms with E-state index < -0.39 is 6.61 Å². The molecule has 1 aromatic heterocycles. The van der Waals surface area contributed by atoms with Crippen molar-refractivity contribution in [3.05, 3.63) is 29.3 Å². The number of phenols is 1. The summed E-state index contributed by atoms with van der Waals surface area (Å²) in [6.07, 6.45) is 2.12. The van der Waals surface area contributed by atoms with Crippen molar-refractivity contribution in [2.24, 2.45) is 5.73 Å². The molecule has 0 saturated carbocycles. The van der Waals surface area contributed by atoms with Crippen molar-refractivity contribution in [1.29, 1.82) is 0 Å². The molecular weight excluding hydrogens is 356 g/mol. The number of aromatic nitrogens is 2. The van der Waals surface area contributed by atoms with Gasteiger partial charge >= 0.3 is 6.61 Å². The number of nitrogens with one attached hydrogen (secondary N) is 2. The Morgan fingerprint density at radius 3 is 2.85 bits per heavy atom. The molecule has 1 unspecified atom stereocenters. The molecule has 0 bridgehead atoms. The van der Waals surface area contributed by atoms with Gasteiger partial charge in [-0.05, 0) is 44.0 Å². The Balaban J connectivity index is 1.90. The molecule has 0 radical (unpaired) electrons. The van der Waals surface area contributed by atoms with Crippen LogP contribution in [-0.2, 0) is 6.54 Å². The van der Waals surface area contributed by atoms with Crippen LogP contribution in [0.15, 0.2) is 18.2 Å². The normalized spacial score (nSPS) is 17.1. The van der Waals surface area contributed by atoms with Gasteiger partial charge in [0.1, 0.15) is 17.2 Å². The molecule has 146 valence electrons. The number of anilines is 1. The third kappa shape index (κ3) is 4.42. The fourth-order valence-corrected chi connectivity index (χ4v) is 3.23. The van der Waals surface area contributed by atoms with Gasteiger partial charge in [-0.15, -0.1) is 10.2 Å². The fourth-order valence-electron chi connectivity index (χ4n) is 3.23. The van der Waals surface area contributed by atoms with Gasteiger partial charge in [0.15, 0.2) is 5.82 Å². The van der Waals surface area contributed by atoms with Crippen LogP contribution in [-0.4, -0.2) is 41.0 Å². The second kappa shape index (κ2) is 8.45. The first-order valence-corrected chi connectivity index (χ1v) is 8.81. The number of rotatable bonds is 6. The Bertz CT molecular complexity index is 798. The molecule has 3 rings (SSSR count). The molecule has 7 nitrogen and oxygen atoms in total. The number of piperidine rings is 1. The van der Waals surface area contributed by atoms with Gasteiger partial charge in [-0.25, -0.2) is 0 Å². The van der Waals surface area contributed by atoms with Crippen molar-refractivity contribution in [2.75, 3.05) is 18.4 Å². The summed E-state index contributed by atoms with van der Waals surface area (Å²) in [7, 11) is 0. The summed E-state index contributed by atoms with van der Waals surface area (Å²) in [4.78, 5) is 0. The van der Waals surface area contributed by atoms with Crippen molar-refractivity contribution in [2.45, 2.75) is 39.0 Å². The number of aromatic hydroxyl groups is 1. The number of nitrogens with two attached hydrogens (primary N) is 1. The van der Waals surface area contributed by atoms with E-state index in [1.54, 1.807) is 0 Å². The summed E-state index contributed by atoms with van der Waals surface area (Å²) >= 11 is 0. The number of hydrogen-bond acceptors (Lipinski definition) is 7. The van der Waals surface area contributed by atoms with Crippen LogP contribution in [0.2, 0.25) is 0 Å². The Morgan fingerprint density at radius 2 is 2.22 bits per heavy atom. The summed E-state index contributed by atoms with van der Waals surface area (Å²) in [5, 5.41) is 25.4. The zero-order chi connectivity index (χ0) is 19.4. The van der Waals surface area contributed by atoms with E-state index in [2.05, 4.69) is 25.6 Å². The SMILES string of the molecule is Cc1c(-c2ccc(OC(F)F)cc2O)nnc(NC2CCCNC2)c1CN. The minimum Gasteiger partial charge on any atom is -0.507 e. The Morgan fingerprint density at radius 1 is 1.41 bits per heavy atom. The Labute approximate surface area is 155 Å². The molecule has 1 aromatic carbocycles. The molecule has 1 atom stereocenters. The van der Waals surface area contributed by atoms with E-state index in [-0.39, 0.29) is 24.1 Å². The van der Waals surface area contributed by atoms with Crippen LogP contribution < -0.4 is 21.1 Å². The zero-order valence-corrected chi connectivity index (χ0v) is 15.0. The van der Waals surface area contributed by atoms with Gasteiger partial charge < -0.3 is 26.2 Å². The molecule has 1 aliphatic rings. The van der Waals surface area contributed by atoms with Gasteiger partial charge in [0.2, 0.25) is 0 Å². The lowest BCUT2D eigenvalue weighted by Gasteiger charge is -2.25. The van der Waals surface area contributed by atoms with Crippen LogP contribution in [0.3, 0.4) is 0 Å². The first-order valence-electron chi connectivity index (χ1n) is 8.81. The highest BCUT2D eigenvalue weighted by Crippen LogP contribution is 2.35. The largest absolute Gasteiger partial charge is 0.507 e. The quantitative estimate of drug-likeness (QED) is 0.611. The number of alkyl halides is 2. The number of nitrogens with zero attached hydrogens (tertiary/aromatic N) is 2. The summed E-state index contributed by atoms with van der Waals surface area (Å²) in [6, 6.07) is 4.21. The van der Waals surface area contributed by atoms with E-state index in [1.165, 1.54) is 12.1 Å². The predicted molar refractivity (Wildman–Crippen MR) is 97.9 cm³/mol. The predicted octanol–water partition coefficient (Wildman–Crippen LogP) is 2.38. The molecule has 1 aliphatic heterocycles. The average molecular weight is 379 g/mol. The molecule has 27 heavy (non-hydrogen) atoms. The second-order valence-electron chi connectivity index (χ2n) is 6.45. The lowest BCUT2D eigenvalue weighted by Crippen LogP contribution is -2.39. The Kier molecular flexibility index (Phi) is 6.02. The molecule has 5 N–H and O–H groups in total. The lowest BCUT2D eigenvalue weighted by atomic mass is 10.0. The van der Waals surface area contributed by atoms with E-state index in [9.17, 15) is 13.9 Å². The van der Waals surface area contributed by atoms with Crippen molar-refractivity contribution in [3.63, 3.8) is 0 Å². The maximum Gasteiger partial charge on any atom is 0.387 e. The van der Waals surface area contributed by atoms with Gasteiger partial charge in [-0.3, -0.25) is 0 Å². The van der Waals surface area contributed by atoms with E-state index >= 15 is 0 Å². The maximum absolute atomic E-state index is 12.3. The maximum atomic E-state index is 12.3. The van der Waals surface area contributed by atoms with Crippen LogP contribution in [0.25, 0.3) is 11.3 Å². The summed E-state index contributed by atoms with van der Waals surface area (Å²) in [5.74, 6) is 0.286. The van der Waals surface area contributed by atoms with Crippen LogP contribution in [0, 0.1) is 6.92 Å². The fraction of sp³-hybridized carbons (Fsp3) is 0.444. The molecule has 1 fully saturated rings. The number of ether oxygens (including phenoxy) is 1. The van der Waals surface area contributed by atoms with Crippen molar-refractivity contribution in [1.82, 2.24) is 15.5 Å². The van der Waals surface area contributed by atoms with Gasteiger partial charge in [-0.2, -0.15) is 8.78 Å². The summed E-state index contributed by atoms with van der Waals surface area (Å²) in [6.45, 7) is 0.999. The van der Waals surface area contributed by atoms with Gasteiger partial charge in [0.05, 0.1) is 0 Å². The van der Waals surface area contributed by atoms with E-state index in [1.807, 2.05) is 6.92 Å². The van der Waals surface area contributed by atoms with E-state index in [4.69, 9.17) is 5.73 Å². The highest BCUT2D eigenvalue weighted by Gasteiger charge is 2.20. The number of hydrogen-bond donors (Lipinski definition) is 4. The first kappa shape index (κ1) is 19.2. The average Bonchev–Trinajstić information content (AvgIpc) is 2.63. The van der Waals surface area contributed by atoms with Gasteiger partial charge in [-0.1, -0.05) is 0 Å². The smallest absolute Gasteiger partial charge is 0.387 e. The monoisotopic (exact) mass is 379 g/mol. The van der Waals surface area contributed by atoms with Gasteiger partial charge in [0.25, 0.3) is 0 Å². The number of phenolic OH excluding ortho intramolecular Hbond substituents is 1. The van der Waals surface area contributed by atoms with Crippen molar-refractivity contribution >= 4 is 5.82 Å². The highest BCUT2D eigenvalue weighted by molar-refractivity contribution is 5.72. The molecule has 1 saturated heterocycles. The van der Waals surface area contributed by atoms with Crippen LogP contribution >= 0.6 is 0 Å². The highest BCUT2D eigenvalue weighted by atomic mass is 19.3. The van der Waals surface area contributed by atoms with Crippen LogP contribution in [0.4, 0.5) is 14.6 Å². The molecule has 0 spiro atoms. The van der Waals surface area contributed by atoms with Crippen molar-refractivity contribution in [3.8, 4) is 22.8 Å². The topological polar surface area (TPSA) is 105 Å². The standard InChI is InChI=1S/C18H23F2N5O2/c1-10-14(8-21)17(23-11-3-2-6-22-9-11)25-24-16(10)13-5-4-12(7-15(13)26)27-18(19)20/h4-5,7,11,18,22,26H,2-3,6,8-9,21H2,1H3,(H,23,25). The molecule has 0 amide bonds. The molecular formula is C18H23F2N5O2. The third-order valence-corrected chi connectivity index (χ3v) is 4.64. The van der Waals surface area contributed by atoms with Crippen LogP contribution in [0.1, 0.15) is 24.0 Å². The minimum absolute atomic E-state index is 0.126. The molecule has 0 aliphatic carbocycles. The number of halogens is 2. The van der Waals surface area contributed by atoms with Gasteiger partial charge in [0, 0.05) is 36.3 Å². The second-order valence-corrected chi connectivity index (χ2v) is 6.45. The molecule has 9 heteroatoms. The summed E-state index contributed by atoms with van der Waals surface area (Å²) in [5.41, 5.74) is 8.33. The van der Waals surface area contributed by atoms with E-state index in [0.29, 0.717) is 17.1 Å². The van der Waals surface area contributed by atoms with E-state index in [0.717, 1.165) is 43.1 Å². The lowest BCUT2D eigenvalue weighted by molar-refractivity contribution is -0.0499. The van der Waals surface area contributed by atoms with Crippen LogP contribution in [0.5, 0.6) is 11.5 Å². The Hall–Kier alpha value is -2.52. The third-order valence-electron chi connectivity index (χ3n) is 4.64. The molecule has 2 aromatic rings. The number of benzene rings is 1. The minimum atomic E-state index is -2.96.